The largest absolute Gasteiger partial charge is 0.497 e. The van der Waals surface area contributed by atoms with Gasteiger partial charge in [-0.3, -0.25) is 4.79 Å². The van der Waals surface area contributed by atoms with Gasteiger partial charge in [-0.15, -0.1) is 0 Å². The number of rotatable bonds is 5. The van der Waals surface area contributed by atoms with Crippen LogP contribution in [0, 0.1) is 0 Å². The highest BCUT2D eigenvalue weighted by Gasteiger charge is 2.14. The molecule has 3 rings (SSSR count). The Morgan fingerprint density at radius 1 is 1.04 bits per heavy atom. The summed E-state index contributed by atoms with van der Waals surface area (Å²) in [6.45, 7) is 2.07. The SMILES string of the molecule is CCc1ccc(-n2ncc(Cl)c(Oc3ccc(OC)cc3)c2=O)cc1. The Bertz CT molecular complexity index is 919. The predicted molar refractivity (Wildman–Crippen MR) is 97.3 cm³/mol. The first-order chi connectivity index (χ1) is 12.1. The monoisotopic (exact) mass is 356 g/mol. The van der Waals surface area contributed by atoms with E-state index in [1.165, 1.54) is 16.4 Å². The van der Waals surface area contributed by atoms with Crippen LogP contribution >= 0.6 is 11.6 Å². The van der Waals surface area contributed by atoms with Crippen molar-refractivity contribution in [3.8, 4) is 22.9 Å². The van der Waals surface area contributed by atoms with Crippen LogP contribution < -0.4 is 15.0 Å². The molecule has 0 spiro atoms. The van der Waals surface area contributed by atoms with E-state index in [4.69, 9.17) is 21.1 Å². The average Bonchev–Trinajstić information content (AvgIpc) is 2.66. The molecule has 5 nitrogen and oxygen atoms in total. The zero-order valence-corrected chi connectivity index (χ0v) is 14.7. The molecule has 0 aliphatic rings. The highest BCUT2D eigenvalue weighted by Crippen LogP contribution is 2.26. The van der Waals surface area contributed by atoms with Crippen LogP contribution in [0.15, 0.2) is 59.5 Å². The molecule has 0 saturated carbocycles. The first kappa shape index (κ1) is 17.0. The molecule has 0 radical (unpaired) electrons. The molecule has 1 heterocycles. The Labute approximate surface area is 150 Å². The van der Waals surface area contributed by atoms with Gasteiger partial charge in [-0.25, -0.2) is 0 Å². The van der Waals surface area contributed by atoms with E-state index in [0.29, 0.717) is 17.2 Å². The number of halogens is 1. The van der Waals surface area contributed by atoms with E-state index >= 15 is 0 Å². The van der Waals surface area contributed by atoms with Gasteiger partial charge in [-0.2, -0.15) is 9.78 Å². The van der Waals surface area contributed by atoms with Crippen LogP contribution in [0.5, 0.6) is 17.2 Å². The van der Waals surface area contributed by atoms with Gasteiger partial charge in [0, 0.05) is 0 Å². The van der Waals surface area contributed by atoms with Crippen LogP contribution in [0.2, 0.25) is 5.02 Å². The molecule has 0 unspecified atom stereocenters. The van der Waals surface area contributed by atoms with Gasteiger partial charge >= 0.3 is 5.56 Å². The lowest BCUT2D eigenvalue weighted by molar-refractivity contribution is 0.412. The quantitative estimate of drug-likeness (QED) is 0.685. The second kappa shape index (κ2) is 7.40. The van der Waals surface area contributed by atoms with Gasteiger partial charge in [-0.1, -0.05) is 30.7 Å². The van der Waals surface area contributed by atoms with Crippen molar-refractivity contribution in [1.82, 2.24) is 9.78 Å². The third kappa shape index (κ3) is 3.67. The molecule has 1 aromatic heterocycles. The Balaban J connectivity index is 1.97. The summed E-state index contributed by atoms with van der Waals surface area (Å²) in [5, 5.41) is 4.26. The van der Waals surface area contributed by atoms with Crippen molar-refractivity contribution in [2.24, 2.45) is 0 Å². The molecule has 0 aliphatic heterocycles. The fraction of sp³-hybridized carbons (Fsp3) is 0.158. The molecule has 128 valence electrons. The summed E-state index contributed by atoms with van der Waals surface area (Å²) in [6, 6.07) is 14.5. The molecule has 0 amide bonds. The molecule has 0 saturated heterocycles. The average molecular weight is 357 g/mol. The van der Waals surface area contributed by atoms with Gasteiger partial charge in [0.25, 0.3) is 0 Å². The summed E-state index contributed by atoms with van der Waals surface area (Å²) in [7, 11) is 1.58. The molecule has 6 heteroatoms. The highest BCUT2D eigenvalue weighted by molar-refractivity contribution is 6.31. The summed E-state index contributed by atoms with van der Waals surface area (Å²) in [6.07, 6.45) is 2.32. The van der Waals surface area contributed by atoms with Gasteiger partial charge in [0.15, 0.2) is 0 Å². The first-order valence-electron chi connectivity index (χ1n) is 7.81. The van der Waals surface area contributed by atoms with Crippen molar-refractivity contribution in [1.29, 1.82) is 0 Å². The summed E-state index contributed by atoms with van der Waals surface area (Å²) < 4.78 is 12.1. The summed E-state index contributed by atoms with van der Waals surface area (Å²) in [4.78, 5) is 12.7. The highest BCUT2D eigenvalue weighted by atomic mass is 35.5. The molecule has 2 aromatic carbocycles. The fourth-order valence-corrected chi connectivity index (χ4v) is 2.49. The maximum Gasteiger partial charge on any atom is 0.316 e. The number of aryl methyl sites for hydroxylation is 1. The number of methoxy groups -OCH3 is 1. The van der Waals surface area contributed by atoms with Gasteiger partial charge in [0.2, 0.25) is 5.75 Å². The normalized spacial score (nSPS) is 10.5. The van der Waals surface area contributed by atoms with Crippen LogP contribution in [-0.2, 0) is 6.42 Å². The second-order valence-electron chi connectivity index (χ2n) is 5.34. The molecular weight excluding hydrogens is 340 g/mol. The smallest absolute Gasteiger partial charge is 0.316 e. The number of aromatic nitrogens is 2. The fourth-order valence-electron chi connectivity index (χ4n) is 2.33. The Morgan fingerprint density at radius 2 is 1.68 bits per heavy atom. The number of hydrogen-bond donors (Lipinski definition) is 0. The third-order valence-electron chi connectivity index (χ3n) is 3.76. The van der Waals surface area contributed by atoms with Crippen molar-refractivity contribution in [2.45, 2.75) is 13.3 Å². The van der Waals surface area contributed by atoms with Crippen LogP contribution in [0.1, 0.15) is 12.5 Å². The first-order valence-corrected chi connectivity index (χ1v) is 8.19. The van der Waals surface area contributed by atoms with Gasteiger partial charge in [-0.05, 0) is 48.4 Å². The standard InChI is InChI=1S/C19H17ClN2O3/c1-3-13-4-6-14(7-5-13)22-19(23)18(17(20)12-21-22)25-16-10-8-15(24-2)9-11-16/h4-12H,3H2,1-2H3. The van der Waals surface area contributed by atoms with Crippen molar-refractivity contribution in [3.05, 3.63) is 75.7 Å². The predicted octanol–water partition coefficient (Wildman–Crippen LogP) is 4.25. The third-order valence-corrected chi connectivity index (χ3v) is 4.03. The van der Waals surface area contributed by atoms with Gasteiger partial charge in [0.1, 0.15) is 16.5 Å². The van der Waals surface area contributed by atoms with Gasteiger partial charge in [0.05, 0.1) is 19.0 Å². The van der Waals surface area contributed by atoms with Gasteiger partial charge < -0.3 is 9.47 Å². The van der Waals surface area contributed by atoms with E-state index in [1.807, 2.05) is 24.3 Å². The molecule has 0 aliphatic carbocycles. The molecule has 0 atom stereocenters. The molecule has 25 heavy (non-hydrogen) atoms. The molecule has 0 fully saturated rings. The van der Waals surface area contributed by atoms with Crippen LogP contribution in [0.25, 0.3) is 5.69 Å². The van der Waals surface area contributed by atoms with Crippen LogP contribution in [0.3, 0.4) is 0 Å². The maximum absolute atomic E-state index is 12.7. The Hall–Kier alpha value is -2.79. The number of benzene rings is 2. The Kier molecular flexibility index (Phi) is 5.05. The van der Waals surface area contributed by atoms with E-state index in [-0.39, 0.29) is 10.8 Å². The lowest BCUT2D eigenvalue weighted by Gasteiger charge is -2.10. The minimum Gasteiger partial charge on any atom is -0.497 e. The van der Waals surface area contributed by atoms with E-state index in [1.54, 1.807) is 31.4 Å². The van der Waals surface area contributed by atoms with Crippen molar-refractivity contribution < 1.29 is 9.47 Å². The number of hydrogen-bond acceptors (Lipinski definition) is 4. The van der Waals surface area contributed by atoms with Crippen molar-refractivity contribution in [3.63, 3.8) is 0 Å². The second-order valence-corrected chi connectivity index (χ2v) is 5.74. The van der Waals surface area contributed by atoms with Crippen molar-refractivity contribution >= 4 is 11.6 Å². The lowest BCUT2D eigenvalue weighted by Crippen LogP contribution is -2.22. The van der Waals surface area contributed by atoms with E-state index in [2.05, 4.69) is 12.0 Å². The summed E-state index contributed by atoms with van der Waals surface area (Å²) in [5.74, 6) is 1.21. The minimum atomic E-state index is -0.424. The molecule has 3 aromatic rings. The number of nitrogens with zero attached hydrogens (tertiary/aromatic N) is 2. The molecule has 0 bridgehead atoms. The topological polar surface area (TPSA) is 53.4 Å². The zero-order valence-electron chi connectivity index (χ0n) is 13.9. The van der Waals surface area contributed by atoms with Crippen LogP contribution in [-0.4, -0.2) is 16.9 Å². The van der Waals surface area contributed by atoms with E-state index < -0.39 is 5.56 Å². The van der Waals surface area contributed by atoms with E-state index in [0.717, 1.165) is 6.42 Å². The zero-order chi connectivity index (χ0) is 17.8. The molecular formula is C19H17ClN2O3. The lowest BCUT2D eigenvalue weighted by atomic mass is 10.1. The Morgan fingerprint density at radius 3 is 2.28 bits per heavy atom. The molecule has 0 N–H and O–H groups in total. The van der Waals surface area contributed by atoms with E-state index in [9.17, 15) is 4.79 Å². The van der Waals surface area contributed by atoms with Crippen LogP contribution in [0.4, 0.5) is 0 Å². The maximum atomic E-state index is 12.7. The summed E-state index contributed by atoms with van der Waals surface area (Å²) in [5.41, 5.74) is 1.41. The summed E-state index contributed by atoms with van der Waals surface area (Å²) >= 11 is 6.12. The minimum absolute atomic E-state index is 0.0291. The van der Waals surface area contributed by atoms with Crippen molar-refractivity contribution in [2.75, 3.05) is 7.11 Å². The number of ether oxygens (including phenoxy) is 2.